The first-order valence-corrected chi connectivity index (χ1v) is 4.49. The summed E-state index contributed by atoms with van der Waals surface area (Å²) in [6.45, 7) is 4.52. The summed E-state index contributed by atoms with van der Waals surface area (Å²) in [5.74, 6) is 0.488. The van der Waals surface area contributed by atoms with Crippen LogP contribution in [0.1, 0.15) is 33.1 Å². The molecule has 0 aromatic heterocycles. The highest BCUT2D eigenvalue weighted by Gasteiger charge is 2.42. The predicted octanol–water partition coefficient (Wildman–Crippen LogP) is 1.13. The van der Waals surface area contributed by atoms with Crippen molar-refractivity contribution in [3.63, 3.8) is 0 Å². The Hall–Kier alpha value is -0.0800. The van der Waals surface area contributed by atoms with E-state index in [9.17, 15) is 5.11 Å². The van der Waals surface area contributed by atoms with Crippen LogP contribution in [0.5, 0.6) is 0 Å². The van der Waals surface area contributed by atoms with Crippen LogP contribution < -0.4 is 5.73 Å². The van der Waals surface area contributed by atoms with Gasteiger partial charge in [-0.05, 0) is 18.8 Å². The summed E-state index contributed by atoms with van der Waals surface area (Å²) in [4.78, 5) is 0. The van der Waals surface area contributed by atoms with Gasteiger partial charge in [-0.1, -0.05) is 20.3 Å². The second-order valence-electron chi connectivity index (χ2n) is 4.14. The van der Waals surface area contributed by atoms with Crippen molar-refractivity contribution < 1.29 is 5.11 Å². The molecule has 0 radical (unpaired) electrons. The van der Waals surface area contributed by atoms with Crippen molar-refractivity contribution in [3.8, 4) is 0 Å². The molecule has 66 valence electrons. The molecule has 2 nitrogen and oxygen atoms in total. The van der Waals surface area contributed by atoms with Crippen LogP contribution in [0.15, 0.2) is 0 Å². The fraction of sp³-hybridized carbons (Fsp3) is 1.00. The molecule has 2 heteroatoms. The summed E-state index contributed by atoms with van der Waals surface area (Å²) in [7, 11) is 0. The highest BCUT2D eigenvalue weighted by atomic mass is 16.3. The molecule has 0 spiro atoms. The first kappa shape index (κ1) is 9.01. The summed E-state index contributed by atoms with van der Waals surface area (Å²) in [6, 6.07) is 0.182. The van der Waals surface area contributed by atoms with Gasteiger partial charge in [0.05, 0.1) is 6.61 Å². The Morgan fingerprint density at radius 2 is 2.00 bits per heavy atom. The predicted molar refractivity (Wildman–Crippen MR) is 46.2 cm³/mol. The summed E-state index contributed by atoms with van der Waals surface area (Å²) < 4.78 is 0. The lowest BCUT2D eigenvalue weighted by Gasteiger charge is -2.46. The molecule has 1 atom stereocenters. The second-order valence-corrected chi connectivity index (χ2v) is 4.14. The van der Waals surface area contributed by atoms with Gasteiger partial charge < -0.3 is 10.8 Å². The van der Waals surface area contributed by atoms with E-state index in [1.807, 2.05) is 0 Å². The fourth-order valence-electron chi connectivity index (χ4n) is 1.93. The van der Waals surface area contributed by atoms with Crippen LogP contribution in [-0.4, -0.2) is 17.8 Å². The Balaban J connectivity index is 2.54. The zero-order chi connectivity index (χ0) is 8.48. The molecule has 1 rings (SSSR count). The summed E-state index contributed by atoms with van der Waals surface area (Å²) in [5, 5.41) is 9.18. The Bertz CT molecular complexity index is 124. The third-order valence-corrected chi connectivity index (χ3v) is 3.09. The topological polar surface area (TPSA) is 46.2 Å². The van der Waals surface area contributed by atoms with Gasteiger partial charge in [0.25, 0.3) is 0 Å². The molecule has 1 aliphatic rings. The maximum Gasteiger partial charge on any atom is 0.0502 e. The molecular formula is C9H19NO. The number of hydrogen-bond acceptors (Lipinski definition) is 2. The van der Waals surface area contributed by atoms with Crippen molar-refractivity contribution in [2.24, 2.45) is 17.1 Å². The lowest BCUT2D eigenvalue weighted by atomic mass is 9.62. The van der Waals surface area contributed by atoms with Gasteiger partial charge in [0.2, 0.25) is 0 Å². The van der Waals surface area contributed by atoms with E-state index in [-0.39, 0.29) is 18.1 Å². The minimum atomic E-state index is 0.0775. The molecule has 0 saturated heterocycles. The van der Waals surface area contributed by atoms with E-state index in [1.54, 1.807) is 0 Å². The summed E-state index contributed by atoms with van der Waals surface area (Å²) >= 11 is 0. The van der Waals surface area contributed by atoms with Gasteiger partial charge in [-0.25, -0.2) is 0 Å². The SMILES string of the molecule is CC(C)[C@@H](N)C1(CO)CCC1. The molecule has 11 heavy (non-hydrogen) atoms. The minimum absolute atomic E-state index is 0.0775. The van der Waals surface area contributed by atoms with E-state index in [1.165, 1.54) is 6.42 Å². The molecule has 0 aromatic carbocycles. The highest BCUT2D eigenvalue weighted by Crippen LogP contribution is 2.44. The number of hydrogen-bond donors (Lipinski definition) is 2. The van der Waals surface area contributed by atoms with E-state index >= 15 is 0 Å². The minimum Gasteiger partial charge on any atom is -0.396 e. The van der Waals surface area contributed by atoms with Crippen LogP contribution in [0, 0.1) is 11.3 Å². The quantitative estimate of drug-likeness (QED) is 0.645. The average Bonchev–Trinajstić information content (AvgIpc) is 1.86. The fourth-order valence-corrected chi connectivity index (χ4v) is 1.93. The summed E-state index contributed by atoms with van der Waals surface area (Å²) in [5.41, 5.74) is 6.08. The van der Waals surface area contributed by atoms with E-state index in [2.05, 4.69) is 13.8 Å². The first-order valence-electron chi connectivity index (χ1n) is 4.49. The Labute approximate surface area is 68.8 Å². The molecule has 3 N–H and O–H groups in total. The normalized spacial score (nSPS) is 24.8. The maximum absolute atomic E-state index is 9.18. The van der Waals surface area contributed by atoms with Crippen LogP contribution in [0.4, 0.5) is 0 Å². The number of nitrogens with two attached hydrogens (primary N) is 1. The monoisotopic (exact) mass is 157 g/mol. The molecule has 0 aromatic rings. The van der Waals surface area contributed by atoms with Gasteiger partial charge >= 0.3 is 0 Å². The molecule has 0 heterocycles. The van der Waals surface area contributed by atoms with E-state index < -0.39 is 0 Å². The molecule has 0 amide bonds. The molecular weight excluding hydrogens is 138 g/mol. The second kappa shape index (κ2) is 3.11. The molecule has 0 unspecified atom stereocenters. The van der Waals surface area contributed by atoms with E-state index in [0.29, 0.717) is 5.92 Å². The highest BCUT2D eigenvalue weighted by molar-refractivity contribution is 4.96. The van der Waals surface area contributed by atoms with Crippen molar-refractivity contribution in [3.05, 3.63) is 0 Å². The van der Waals surface area contributed by atoms with Crippen LogP contribution in [0.2, 0.25) is 0 Å². The number of aliphatic hydroxyl groups is 1. The van der Waals surface area contributed by atoms with Crippen LogP contribution in [0.3, 0.4) is 0 Å². The zero-order valence-electron chi connectivity index (χ0n) is 7.51. The average molecular weight is 157 g/mol. The molecule has 1 fully saturated rings. The third kappa shape index (κ3) is 1.42. The Morgan fingerprint density at radius 1 is 1.45 bits per heavy atom. The molecule has 1 aliphatic carbocycles. The smallest absolute Gasteiger partial charge is 0.0502 e. The number of aliphatic hydroxyl groups excluding tert-OH is 1. The van der Waals surface area contributed by atoms with Crippen LogP contribution in [-0.2, 0) is 0 Å². The largest absolute Gasteiger partial charge is 0.396 e. The van der Waals surface area contributed by atoms with Crippen LogP contribution >= 0.6 is 0 Å². The van der Waals surface area contributed by atoms with Crippen molar-refractivity contribution in [2.45, 2.75) is 39.2 Å². The van der Waals surface area contributed by atoms with Gasteiger partial charge in [-0.2, -0.15) is 0 Å². The molecule has 0 bridgehead atoms. The first-order chi connectivity index (χ1) is 5.12. The van der Waals surface area contributed by atoms with Crippen molar-refractivity contribution >= 4 is 0 Å². The Kier molecular flexibility index (Phi) is 2.55. The third-order valence-electron chi connectivity index (χ3n) is 3.09. The van der Waals surface area contributed by atoms with Gasteiger partial charge in [-0.15, -0.1) is 0 Å². The van der Waals surface area contributed by atoms with E-state index in [0.717, 1.165) is 12.8 Å². The van der Waals surface area contributed by atoms with Crippen molar-refractivity contribution in [2.75, 3.05) is 6.61 Å². The summed E-state index contributed by atoms with van der Waals surface area (Å²) in [6.07, 6.45) is 3.46. The van der Waals surface area contributed by atoms with Crippen molar-refractivity contribution in [1.82, 2.24) is 0 Å². The Morgan fingerprint density at radius 3 is 2.09 bits per heavy atom. The molecule has 0 aliphatic heterocycles. The standard InChI is InChI=1S/C9H19NO/c1-7(2)8(10)9(6-11)4-3-5-9/h7-8,11H,3-6,10H2,1-2H3/t8-/m1/s1. The van der Waals surface area contributed by atoms with Gasteiger partial charge in [0.1, 0.15) is 0 Å². The lowest BCUT2D eigenvalue weighted by molar-refractivity contribution is 0.00493. The van der Waals surface area contributed by atoms with Crippen LogP contribution in [0.25, 0.3) is 0 Å². The zero-order valence-corrected chi connectivity index (χ0v) is 7.51. The van der Waals surface area contributed by atoms with Gasteiger partial charge in [0, 0.05) is 11.5 Å². The van der Waals surface area contributed by atoms with Crippen molar-refractivity contribution in [1.29, 1.82) is 0 Å². The molecule has 1 saturated carbocycles. The number of rotatable bonds is 3. The van der Waals surface area contributed by atoms with Gasteiger partial charge in [-0.3, -0.25) is 0 Å². The lowest BCUT2D eigenvalue weighted by Crippen LogP contribution is -2.51. The maximum atomic E-state index is 9.18. The van der Waals surface area contributed by atoms with Gasteiger partial charge in [0.15, 0.2) is 0 Å². The van der Waals surface area contributed by atoms with E-state index in [4.69, 9.17) is 5.73 Å².